The molecule has 0 bridgehead atoms. The maximum atomic E-state index is 12.2. The van der Waals surface area contributed by atoms with Gasteiger partial charge in [0.1, 0.15) is 5.75 Å². The van der Waals surface area contributed by atoms with E-state index < -0.39 is 18.7 Å². The zero-order chi connectivity index (χ0) is 13.3. The Labute approximate surface area is 105 Å². The van der Waals surface area contributed by atoms with Gasteiger partial charge in [0.05, 0.1) is 22.3 Å². The number of thiazole rings is 1. The number of halogens is 3. The second-order valence-electron chi connectivity index (χ2n) is 3.70. The van der Waals surface area contributed by atoms with Crippen LogP contribution in [0.25, 0.3) is 10.2 Å². The summed E-state index contributed by atoms with van der Waals surface area (Å²) < 4.78 is 42.4. The quantitative estimate of drug-likeness (QED) is 0.938. The maximum absolute atomic E-state index is 12.2. The maximum Gasteiger partial charge on any atom is 0.414 e. The second kappa shape index (κ2) is 4.74. The van der Waals surface area contributed by atoms with E-state index in [-0.39, 0.29) is 5.01 Å². The summed E-state index contributed by atoms with van der Waals surface area (Å²) in [4.78, 5) is 4.05. The van der Waals surface area contributed by atoms with Crippen LogP contribution in [-0.4, -0.2) is 29.5 Å². The van der Waals surface area contributed by atoms with Gasteiger partial charge in [-0.2, -0.15) is 13.2 Å². The van der Waals surface area contributed by atoms with Gasteiger partial charge in [-0.15, -0.1) is 11.3 Å². The lowest BCUT2D eigenvalue weighted by molar-refractivity contribution is -0.203. The van der Waals surface area contributed by atoms with Crippen molar-refractivity contribution in [1.29, 1.82) is 0 Å². The minimum Gasteiger partial charge on any atom is -0.497 e. The van der Waals surface area contributed by atoms with E-state index in [0.717, 1.165) is 16.0 Å². The summed E-state index contributed by atoms with van der Waals surface area (Å²) in [7, 11) is 1.50. The summed E-state index contributed by atoms with van der Waals surface area (Å²) >= 11 is 1.13. The van der Waals surface area contributed by atoms with Crippen molar-refractivity contribution in [3.05, 3.63) is 23.2 Å². The van der Waals surface area contributed by atoms with Crippen LogP contribution >= 0.6 is 11.3 Å². The molecule has 0 aliphatic carbocycles. The van der Waals surface area contributed by atoms with Gasteiger partial charge in [0.2, 0.25) is 0 Å². The number of aliphatic hydroxyl groups is 1. The number of aliphatic hydroxyl groups excluding tert-OH is 1. The highest BCUT2D eigenvalue weighted by molar-refractivity contribution is 7.18. The van der Waals surface area contributed by atoms with Crippen LogP contribution in [0, 0.1) is 0 Å². The van der Waals surface area contributed by atoms with Crippen LogP contribution in [-0.2, 0) is 6.42 Å². The van der Waals surface area contributed by atoms with Gasteiger partial charge >= 0.3 is 6.18 Å². The molecule has 2 aromatic rings. The molecule has 0 spiro atoms. The van der Waals surface area contributed by atoms with Gasteiger partial charge in [-0.3, -0.25) is 0 Å². The summed E-state index contributed by atoms with van der Waals surface area (Å²) in [6.45, 7) is 0. The van der Waals surface area contributed by atoms with Crippen molar-refractivity contribution >= 4 is 21.6 Å². The third-order valence-electron chi connectivity index (χ3n) is 2.38. The Hall–Kier alpha value is -1.34. The van der Waals surface area contributed by atoms with Gasteiger partial charge in [-0.25, -0.2) is 4.98 Å². The van der Waals surface area contributed by atoms with Crippen LogP contribution in [0.3, 0.4) is 0 Å². The summed E-state index contributed by atoms with van der Waals surface area (Å²) in [6.07, 6.45) is -7.51. The molecule has 0 aliphatic heterocycles. The van der Waals surface area contributed by atoms with Gasteiger partial charge in [-0.05, 0) is 12.1 Å². The Kier molecular flexibility index (Phi) is 3.45. The van der Waals surface area contributed by atoms with Crippen LogP contribution < -0.4 is 4.74 Å². The summed E-state index contributed by atoms with van der Waals surface area (Å²) in [6, 6.07) is 5.09. The van der Waals surface area contributed by atoms with Gasteiger partial charge in [-0.1, -0.05) is 0 Å². The molecule has 0 radical (unpaired) electrons. The van der Waals surface area contributed by atoms with Crippen LogP contribution in [0.5, 0.6) is 5.75 Å². The van der Waals surface area contributed by atoms with Gasteiger partial charge in [0.25, 0.3) is 0 Å². The predicted octanol–water partition coefficient (Wildman–Crippen LogP) is 2.77. The van der Waals surface area contributed by atoms with E-state index >= 15 is 0 Å². The normalized spacial score (nSPS) is 13.8. The molecular formula is C11H10F3NO2S. The predicted molar refractivity (Wildman–Crippen MR) is 61.9 cm³/mol. The highest BCUT2D eigenvalue weighted by Crippen LogP contribution is 2.29. The number of alkyl halides is 3. The first-order valence-electron chi connectivity index (χ1n) is 5.08. The molecule has 1 unspecified atom stereocenters. The third-order valence-corrected chi connectivity index (χ3v) is 3.44. The zero-order valence-corrected chi connectivity index (χ0v) is 10.2. The van der Waals surface area contributed by atoms with Crippen molar-refractivity contribution < 1.29 is 23.0 Å². The smallest absolute Gasteiger partial charge is 0.414 e. The molecule has 0 saturated carbocycles. The van der Waals surface area contributed by atoms with Crippen molar-refractivity contribution in [2.75, 3.05) is 7.11 Å². The lowest BCUT2D eigenvalue weighted by atomic mass is 10.2. The van der Waals surface area contributed by atoms with E-state index in [2.05, 4.69) is 4.98 Å². The molecule has 2 rings (SSSR count). The number of benzene rings is 1. The molecule has 0 aliphatic rings. The molecule has 1 atom stereocenters. The fourth-order valence-corrected chi connectivity index (χ4v) is 2.43. The highest BCUT2D eigenvalue weighted by Gasteiger charge is 2.38. The number of hydrogen-bond acceptors (Lipinski definition) is 4. The topological polar surface area (TPSA) is 42.4 Å². The lowest BCUT2D eigenvalue weighted by Gasteiger charge is -2.12. The Balaban J connectivity index is 2.25. The van der Waals surface area contributed by atoms with Crippen LogP contribution in [0.4, 0.5) is 13.2 Å². The average Bonchev–Trinajstić information content (AvgIpc) is 2.68. The number of aromatic nitrogens is 1. The first kappa shape index (κ1) is 13.1. The minimum atomic E-state index is -4.62. The molecule has 18 heavy (non-hydrogen) atoms. The number of rotatable bonds is 3. The summed E-state index contributed by atoms with van der Waals surface area (Å²) in [5, 5.41) is 9.23. The molecule has 0 fully saturated rings. The van der Waals surface area contributed by atoms with Crippen molar-refractivity contribution in [2.45, 2.75) is 18.7 Å². The van der Waals surface area contributed by atoms with Crippen LogP contribution in [0.1, 0.15) is 5.01 Å². The molecule has 1 N–H and O–H groups in total. The molecule has 98 valence electrons. The van der Waals surface area contributed by atoms with Gasteiger partial charge < -0.3 is 9.84 Å². The van der Waals surface area contributed by atoms with Crippen molar-refractivity contribution in [3.8, 4) is 5.75 Å². The Morgan fingerprint density at radius 2 is 2.17 bits per heavy atom. The third kappa shape index (κ3) is 2.73. The van der Waals surface area contributed by atoms with E-state index in [1.165, 1.54) is 7.11 Å². The lowest BCUT2D eigenvalue weighted by Crippen LogP contribution is -2.30. The second-order valence-corrected chi connectivity index (χ2v) is 4.82. The van der Waals surface area contributed by atoms with E-state index in [1.807, 2.05) is 0 Å². The number of nitrogens with zero attached hydrogens (tertiary/aromatic N) is 1. The van der Waals surface area contributed by atoms with Gasteiger partial charge in [0, 0.05) is 12.5 Å². The molecule has 1 heterocycles. The fraction of sp³-hybridized carbons (Fsp3) is 0.364. The molecule has 7 heteroatoms. The summed E-state index contributed by atoms with van der Waals surface area (Å²) in [5.74, 6) is 0.593. The van der Waals surface area contributed by atoms with Crippen molar-refractivity contribution in [2.24, 2.45) is 0 Å². The van der Waals surface area contributed by atoms with Crippen LogP contribution in [0.15, 0.2) is 18.2 Å². The van der Waals surface area contributed by atoms with E-state index in [4.69, 9.17) is 9.84 Å². The van der Waals surface area contributed by atoms with E-state index in [0.29, 0.717) is 11.3 Å². The SMILES string of the molecule is COc1ccc2sc(CC(O)C(F)(F)F)nc2c1. The van der Waals surface area contributed by atoms with Gasteiger partial charge in [0.15, 0.2) is 6.10 Å². The Morgan fingerprint density at radius 3 is 2.78 bits per heavy atom. The first-order valence-corrected chi connectivity index (χ1v) is 5.90. The number of methoxy groups -OCH3 is 1. The van der Waals surface area contributed by atoms with Crippen molar-refractivity contribution in [1.82, 2.24) is 4.98 Å². The number of ether oxygens (including phenoxy) is 1. The number of hydrogen-bond donors (Lipinski definition) is 1. The van der Waals surface area contributed by atoms with Crippen LogP contribution in [0.2, 0.25) is 0 Å². The standard InChI is InChI=1S/C11H10F3NO2S/c1-17-6-2-3-8-7(4-6)15-10(18-8)5-9(16)11(12,13)14/h2-4,9,16H,5H2,1H3. The Morgan fingerprint density at radius 1 is 1.44 bits per heavy atom. The molecule has 0 saturated heterocycles. The zero-order valence-electron chi connectivity index (χ0n) is 9.36. The molecule has 1 aromatic heterocycles. The van der Waals surface area contributed by atoms with E-state index in [9.17, 15) is 13.2 Å². The fourth-order valence-electron chi connectivity index (χ4n) is 1.45. The molecular weight excluding hydrogens is 267 g/mol. The monoisotopic (exact) mass is 277 g/mol. The molecule has 0 amide bonds. The molecule has 1 aromatic carbocycles. The first-order chi connectivity index (χ1) is 8.40. The largest absolute Gasteiger partial charge is 0.497 e. The summed E-state index contributed by atoms with van der Waals surface area (Å²) in [5.41, 5.74) is 0.573. The minimum absolute atomic E-state index is 0.253. The highest BCUT2D eigenvalue weighted by atomic mass is 32.1. The van der Waals surface area contributed by atoms with E-state index in [1.54, 1.807) is 18.2 Å². The average molecular weight is 277 g/mol. The Bertz CT molecular complexity index is 553. The van der Waals surface area contributed by atoms with Crippen molar-refractivity contribution in [3.63, 3.8) is 0 Å². The number of fused-ring (bicyclic) bond motifs is 1. The molecule has 3 nitrogen and oxygen atoms in total.